The van der Waals surface area contributed by atoms with Crippen molar-refractivity contribution in [1.82, 2.24) is 0 Å². The van der Waals surface area contributed by atoms with Gasteiger partial charge in [-0.05, 0) is 44.2 Å². The Morgan fingerprint density at radius 3 is 1.81 bits per heavy atom. The Balaban J connectivity index is 2.22. The van der Waals surface area contributed by atoms with Crippen LogP contribution in [-0.2, 0) is 37.0 Å². The SMILES string of the molecule is CC(C)C[C@@H](C(=O)OC(C)(C)C)C(OCc1ccccc1)C(=O)OCc1ccccc1. The summed E-state index contributed by atoms with van der Waals surface area (Å²) in [6.45, 7) is 9.75. The zero-order valence-electron chi connectivity index (χ0n) is 19.2. The van der Waals surface area contributed by atoms with Crippen molar-refractivity contribution in [3.63, 3.8) is 0 Å². The zero-order chi connectivity index (χ0) is 22.9. The van der Waals surface area contributed by atoms with Crippen molar-refractivity contribution in [3.05, 3.63) is 71.8 Å². The molecular formula is C26H34O5. The van der Waals surface area contributed by atoms with Gasteiger partial charge in [-0.1, -0.05) is 74.5 Å². The Bertz CT molecular complexity index is 809. The highest BCUT2D eigenvalue weighted by Crippen LogP contribution is 2.25. The third-order valence-corrected chi connectivity index (χ3v) is 4.53. The van der Waals surface area contributed by atoms with E-state index in [1.54, 1.807) is 0 Å². The van der Waals surface area contributed by atoms with E-state index in [9.17, 15) is 9.59 Å². The van der Waals surface area contributed by atoms with Crippen molar-refractivity contribution >= 4 is 11.9 Å². The molecule has 0 N–H and O–H groups in total. The molecule has 0 heterocycles. The van der Waals surface area contributed by atoms with Crippen LogP contribution in [0.15, 0.2) is 60.7 Å². The quantitative estimate of drug-likeness (QED) is 0.481. The van der Waals surface area contributed by atoms with Crippen molar-refractivity contribution in [2.24, 2.45) is 11.8 Å². The van der Waals surface area contributed by atoms with Gasteiger partial charge in [0.05, 0.1) is 12.5 Å². The molecule has 168 valence electrons. The van der Waals surface area contributed by atoms with E-state index in [4.69, 9.17) is 14.2 Å². The normalized spacial score (nSPS) is 13.5. The minimum absolute atomic E-state index is 0.119. The van der Waals surface area contributed by atoms with Gasteiger partial charge in [0.25, 0.3) is 0 Å². The molecule has 0 aliphatic heterocycles. The smallest absolute Gasteiger partial charge is 0.336 e. The fraction of sp³-hybridized carbons (Fsp3) is 0.462. The maximum atomic E-state index is 13.1. The maximum absolute atomic E-state index is 13.1. The van der Waals surface area contributed by atoms with E-state index in [2.05, 4.69) is 0 Å². The predicted molar refractivity (Wildman–Crippen MR) is 120 cm³/mol. The second kappa shape index (κ2) is 11.7. The Morgan fingerprint density at radius 2 is 1.32 bits per heavy atom. The summed E-state index contributed by atoms with van der Waals surface area (Å²) < 4.78 is 17.2. The van der Waals surface area contributed by atoms with Gasteiger partial charge in [0.2, 0.25) is 0 Å². The van der Waals surface area contributed by atoms with Crippen LogP contribution in [0.5, 0.6) is 0 Å². The minimum atomic E-state index is -1.05. The summed E-state index contributed by atoms with van der Waals surface area (Å²) in [7, 11) is 0. The fourth-order valence-corrected chi connectivity index (χ4v) is 3.15. The van der Waals surface area contributed by atoms with E-state index in [0.717, 1.165) is 11.1 Å². The maximum Gasteiger partial charge on any atom is 0.336 e. The lowest BCUT2D eigenvalue weighted by molar-refractivity contribution is -0.179. The van der Waals surface area contributed by atoms with Crippen molar-refractivity contribution < 1.29 is 23.8 Å². The number of ether oxygens (including phenoxy) is 3. The van der Waals surface area contributed by atoms with E-state index < -0.39 is 29.6 Å². The fourth-order valence-electron chi connectivity index (χ4n) is 3.15. The Morgan fingerprint density at radius 1 is 0.806 bits per heavy atom. The lowest BCUT2D eigenvalue weighted by atomic mass is 9.91. The first kappa shape index (κ1) is 24.6. The van der Waals surface area contributed by atoms with Gasteiger partial charge >= 0.3 is 11.9 Å². The van der Waals surface area contributed by atoms with Crippen LogP contribution in [0, 0.1) is 11.8 Å². The first-order valence-electron chi connectivity index (χ1n) is 10.7. The van der Waals surface area contributed by atoms with Gasteiger partial charge in [-0.25, -0.2) is 4.79 Å². The second-order valence-corrected chi connectivity index (χ2v) is 9.08. The summed E-state index contributed by atoms with van der Waals surface area (Å²) >= 11 is 0. The van der Waals surface area contributed by atoms with Gasteiger partial charge in [0.1, 0.15) is 12.2 Å². The molecule has 0 fully saturated rings. The molecule has 0 saturated heterocycles. The van der Waals surface area contributed by atoms with Gasteiger partial charge in [-0.15, -0.1) is 0 Å². The largest absolute Gasteiger partial charge is 0.460 e. The molecule has 0 amide bonds. The van der Waals surface area contributed by atoms with Gasteiger partial charge in [-0.2, -0.15) is 0 Å². The number of carbonyl (C=O) groups is 2. The van der Waals surface area contributed by atoms with E-state index in [1.807, 2.05) is 95.3 Å². The molecule has 2 rings (SSSR count). The highest BCUT2D eigenvalue weighted by molar-refractivity contribution is 5.84. The van der Waals surface area contributed by atoms with Crippen LogP contribution in [0.4, 0.5) is 0 Å². The highest BCUT2D eigenvalue weighted by Gasteiger charge is 2.39. The molecule has 0 bridgehead atoms. The monoisotopic (exact) mass is 426 g/mol. The summed E-state index contributed by atoms with van der Waals surface area (Å²) in [6.07, 6.45) is -0.601. The van der Waals surface area contributed by atoms with Gasteiger partial charge in [0, 0.05) is 0 Å². The lowest BCUT2D eigenvalue weighted by Crippen LogP contribution is -2.42. The third kappa shape index (κ3) is 8.93. The Kier molecular flexibility index (Phi) is 9.25. The number of rotatable bonds is 10. The summed E-state index contributed by atoms with van der Waals surface area (Å²) in [5.41, 5.74) is 1.12. The van der Waals surface area contributed by atoms with E-state index in [0.29, 0.717) is 6.42 Å². The molecule has 0 saturated carbocycles. The van der Waals surface area contributed by atoms with Gasteiger partial charge < -0.3 is 14.2 Å². The van der Waals surface area contributed by atoms with Crippen LogP contribution < -0.4 is 0 Å². The van der Waals surface area contributed by atoms with Gasteiger partial charge in [-0.3, -0.25) is 4.79 Å². The van der Waals surface area contributed by atoms with Crippen molar-refractivity contribution in [2.75, 3.05) is 0 Å². The molecule has 0 aliphatic carbocycles. The molecule has 5 nitrogen and oxygen atoms in total. The Labute approximate surface area is 185 Å². The molecule has 0 aliphatic rings. The van der Waals surface area contributed by atoms with Crippen LogP contribution in [0.1, 0.15) is 52.2 Å². The second-order valence-electron chi connectivity index (χ2n) is 9.08. The lowest BCUT2D eigenvalue weighted by Gasteiger charge is -2.29. The molecular weight excluding hydrogens is 392 g/mol. The van der Waals surface area contributed by atoms with E-state index in [-0.39, 0.29) is 19.1 Å². The van der Waals surface area contributed by atoms with Crippen molar-refractivity contribution in [3.8, 4) is 0 Å². The molecule has 0 radical (unpaired) electrons. The molecule has 31 heavy (non-hydrogen) atoms. The standard InChI is InChI=1S/C26H34O5/c1-19(2)16-22(24(27)31-26(3,4)5)23(29-17-20-12-8-6-9-13-20)25(28)30-18-21-14-10-7-11-15-21/h6-15,19,22-23H,16-18H2,1-5H3/t22-,23?/m1/s1. The van der Waals surface area contributed by atoms with Crippen LogP contribution in [0.2, 0.25) is 0 Å². The van der Waals surface area contributed by atoms with Crippen LogP contribution in [0.3, 0.4) is 0 Å². The predicted octanol–water partition coefficient (Wildman–Crippen LogP) is 5.32. The number of benzene rings is 2. The average molecular weight is 427 g/mol. The third-order valence-electron chi connectivity index (χ3n) is 4.53. The molecule has 2 atom stereocenters. The van der Waals surface area contributed by atoms with Crippen LogP contribution in [0.25, 0.3) is 0 Å². The van der Waals surface area contributed by atoms with Crippen LogP contribution >= 0.6 is 0 Å². The minimum Gasteiger partial charge on any atom is -0.460 e. The number of esters is 2. The first-order valence-corrected chi connectivity index (χ1v) is 10.7. The molecule has 0 spiro atoms. The average Bonchev–Trinajstić information content (AvgIpc) is 2.71. The molecule has 5 heteroatoms. The van der Waals surface area contributed by atoms with Crippen molar-refractivity contribution in [2.45, 2.75) is 66.0 Å². The molecule has 1 unspecified atom stereocenters. The van der Waals surface area contributed by atoms with Crippen molar-refractivity contribution in [1.29, 1.82) is 0 Å². The number of hydrogen-bond donors (Lipinski definition) is 0. The molecule has 2 aromatic rings. The Hall–Kier alpha value is -2.66. The first-order chi connectivity index (χ1) is 14.7. The summed E-state index contributed by atoms with van der Waals surface area (Å²) in [5.74, 6) is -1.60. The number of carbonyl (C=O) groups excluding carboxylic acids is 2. The summed E-state index contributed by atoms with van der Waals surface area (Å²) in [6, 6.07) is 19.0. The van der Waals surface area contributed by atoms with E-state index >= 15 is 0 Å². The summed E-state index contributed by atoms with van der Waals surface area (Å²) in [4.78, 5) is 26.1. The van der Waals surface area contributed by atoms with Crippen LogP contribution in [-0.4, -0.2) is 23.6 Å². The molecule has 0 aromatic heterocycles. The topological polar surface area (TPSA) is 61.8 Å². The van der Waals surface area contributed by atoms with Gasteiger partial charge in [0.15, 0.2) is 6.10 Å². The zero-order valence-corrected chi connectivity index (χ0v) is 19.2. The molecule has 2 aromatic carbocycles. The van der Waals surface area contributed by atoms with E-state index in [1.165, 1.54) is 0 Å². The number of hydrogen-bond acceptors (Lipinski definition) is 5. The summed E-state index contributed by atoms with van der Waals surface area (Å²) in [5, 5.41) is 0. The highest BCUT2D eigenvalue weighted by atomic mass is 16.6.